The number of anilines is 3. The molecule has 1 heterocycles. The van der Waals surface area contributed by atoms with E-state index >= 15 is 0 Å². The zero-order valence-corrected chi connectivity index (χ0v) is 18.5. The molecule has 0 saturated carbocycles. The first-order chi connectivity index (χ1) is 15.7. The summed E-state index contributed by atoms with van der Waals surface area (Å²) in [6, 6.07) is 37.2. The summed E-state index contributed by atoms with van der Waals surface area (Å²) in [4.78, 5) is 0. The summed E-state index contributed by atoms with van der Waals surface area (Å²) in [6.07, 6.45) is 0. The molecule has 164 valence electrons. The lowest BCUT2D eigenvalue weighted by Crippen LogP contribution is -1.98. The summed E-state index contributed by atoms with van der Waals surface area (Å²) in [7, 11) is 0. The van der Waals surface area contributed by atoms with Crippen LogP contribution in [0.4, 0.5) is 17.1 Å². The minimum Gasteiger partial charge on any atom is -0.399 e. The second-order valence-corrected chi connectivity index (χ2v) is 7.94. The van der Waals surface area contributed by atoms with Crippen molar-refractivity contribution >= 4 is 27.8 Å². The summed E-state index contributed by atoms with van der Waals surface area (Å²) in [6.45, 7) is 0.814. The van der Waals surface area contributed by atoms with Gasteiger partial charge in [0.1, 0.15) is 0 Å². The molecule has 5 aromatic rings. The smallest absolute Gasteiger partial charge is 0.0422 e. The summed E-state index contributed by atoms with van der Waals surface area (Å²) in [5.74, 6) is 0. The van der Waals surface area contributed by atoms with Gasteiger partial charge in [0, 0.05) is 29.2 Å². The van der Waals surface area contributed by atoms with Crippen molar-refractivity contribution in [1.82, 2.24) is 6.15 Å². The molecule has 1 aliphatic rings. The fourth-order valence-electron chi connectivity index (χ4n) is 4.30. The molecule has 1 aliphatic heterocycles. The molecule has 0 radical (unpaired) electrons. The summed E-state index contributed by atoms with van der Waals surface area (Å²) >= 11 is 0. The second kappa shape index (κ2) is 9.47. The third-order valence-electron chi connectivity index (χ3n) is 5.80. The van der Waals surface area contributed by atoms with Crippen molar-refractivity contribution < 1.29 is 0 Å². The first-order valence-electron chi connectivity index (χ1n) is 10.7. The Hall–Kier alpha value is -4.28. The highest BCUT2D eigenvalue weighted by molar-refractivity contribution is 6.08. The fraction of sp³-hybridized carbons (Fsp3) is 0.0345. The molecule has 6 rings (SSSR count). The van der Waals surface area contributed by atoms with Gasteiger partial charge in [-0.2, -0.15) is 0 Å². The minimum absolute atomic E-state index is 0. The standard InChI is InChI=1S/C23H18N2.C6H7N.H3N/c24-18-11-9-15(10-12-18)22-17-13-16-5-1-2-6-19(16)23(22)20-7-3-4-8-21(20)25-14-17;7-6-4-2-1-3-5-6;/h1-13,25H,14,24H2;1-5H,7H2;1H3. The van der Waals surface area contributed by atoms with Crippen LogP contribution < -0.4 is 22.9 Å². The molecular weight excluding hydrogens is 404 g/mol. The van der Waals surface area contributed by atoms with Crippen LogP contribution in [-0.2, 0) is 6.54 Å². The molecule has 0 aliphatic carbocycles. The van der Waals surface area contributed by atoms with Crippen molar-refractivity contribution in [2.24, 2.45) is 0 Å². The number of para-hydroxylation sites is 2. The average Bonchev–Trinajstić information content (AvgIpc) is 2.94. The first-order valence-corrected chi connectivity index (χ1v) is 10.7. The van der Waals surface area contributed by atoms with Crippen LogP contribution in [0, 0.1) is 0 Å². The molecule has 4 heteroatoms. The van der Waals surface area contributed by atoms with Crippen LogP contribution in [0.15, 0.2) is 109 Å². The minimum atomic E-state index is 0. The Bertz CT molecular complexity index is 1380. The monoisotopic (exact) mass is 432 g/mol. The summed E-state index contributed by atoms with van der Waals surface area (Å²) in [5, 5.41) is 6.18. The molecule has 2 bridgehead atoms. The maximum Gasteiger partial charge on any atom is 0.0422 e. The molecule has 0 aromatic heterocycles. The van der Waals surface area contributed by atoms with Gasteiger partial charge in [-0.1, -0.05) is 72.8 Å². The highest BCUT2D eigenvalue weighted by Crippen LogP contribution is 2.45. The van der Waals surface area contributed by atoms with Crippen LogP contribution >= 0.6 is 0 Å². The quantitative estimate of drug-likeness (QED) is 0.212. The Kier molecular flexibility index (Phi) is 6.29. The second-order valence-electron chi connectivity index (χ2n) is 7.94. The Balaban J connectivity index is 0.000000280. The van der Waals surface area contributed by atoms with Gasteiger partial charge in [-0.05, 0) is 69.4 Å². The number of nitrogen functional groups attached to an aromatic ring is 2. The number of nitrogens with one attached hydrogen (secondary N) is 1. The lowest BCUT2D eigenvalue weighted by atomic mass is 9.86. The topological polar surface area (TPSA) is 99.1 Å². The fourth-order valence-corrected chi connectivity index (χ4v) is 4.30. The molecule has 8 N–H and O–H groups in total. The largest absolute Gasteiger partial charge is 0.399 e. The number of hydrogen-bond acceptors (Lipinski definition) is 4. The van der Waals surface area contributed by atoms with Crippen molar-refractivity contribution in [2.45, 2.75) is 6.54 Å². The van der Waals surface area contributed by atoms with E-state index < -0.39 is 0 Å². The average molecular weight is 433 g/mol. The van der Waals surface area contributed by atoms with E-state index in [0.717, 1.165) is 17.9 Å². The summed E-state index contributed by atoms with van der Waals surface area (Å²) < 4.78 is 0. The van der Waals surface area contributed by atoms with Crippen molar-refractivity contribution in [3.63, 3.8) is 0 Å². The third kappa shape index (κ3) is 4.38. The van der Waals surface area contributed by atoms with E-state index in [0.29, 0.717) is 0 Å². The van der Waals surface area contributed by atoms with Gasteiger partial charge in [-0.25, -0.2) is 0 Å². The molecule has 0 saturated heterocycles. The van der Waals surface area contributed by atoms with Crippen LogP contribution in [0.5, 0.6) is 0 Å². The maximum absolute atomic E-state index is 5.91. The predicted octanol–water partition coefficient (Wildman–Crippen LogP) is 7.11. The molecule has 0 unspecified atom stereocenters. The number of fused-ring (bicyclic) bond motifs is 6. The Labute approximate surface area is 194 Å². The molecule has 0 amide bonds. The van der Waals surface area contributed by atoms with Crippen LogP contribution in [-0.4, -0.2) is 0 Å². The zero-order valence-electron chi connectivity index (χ0n) is 18.5. The van der Waals surface area contributed by atoms with Gasteiger partial charge in [0.05, 0.1) is 0 Å². The van der Waals surface area contributed by atoms with Crippen LogP contribution in [0.1, 0.15) is 5.56 Å². The van der Waals surface area contributed by atoms with Crippen molar-refractivity contribution in [2.75, 3.05) is 16.8 Å². The van der Waals surface area contributed by atoms with Crippen LogP contribution in [0.25, 0.3) is 33.0 Å². The van der Waals surface area contributed by atoms with Gasteiger partial charge in [-0.3, -0.25) is 0 Å². The van der Waals surface area contributed by atoms with Gasteiger partial charge in [0.25, 0.3) is 0 Å². The number of nitrogens with two attached hydrogens (primary N) is 2. The number of rotatable bonds is 1. The molecular formula is C29H28N4. The number of hydrogen-bond donors (Lipinski definition) is 4. The van der Waals surface area contributed by atoms with Crippen molar-refractivity contribution in [3.8, 4) is 22.3 Å². The van der Waals surface area contributed by atoms with E-state index in [9.17, 15) is 0 Å². The Morgan fingerprint density at radius 1 is 0.606 bits per heavy atom. The highest BCUT2D eigenvalue weighted by atomic mass is 14.9. The molecule has 5 aromatic carbocycles. The zero-order chi connectivity index (χ0) is 21.9. The Morgan fingerprint density at radius 3 is 1.97 bits per heavy atom. The van der Waals surface area contributed by atoms with E-state index in [1.54, 1.807) is 0 Å². The molecule has 4 nitrogen and oxygen atoms in total. The third-order valence-corrected chi connectivity index (χ3v) is 5.80. The maximum atomic E-state index is 5.91. The van der Waals surface area contributed by atoms with Gasteiger partial charge in [0.2, 0.25) is 0 Å². The van der Waals surface area contributed by atoms with E-state index in [-0.39, 0.29) is 6.15 Å². The van der Waals surface area contributed by atoms with Gasteiger partial charge in [0.15, 0.2) is 0 Å². The normalized spacial score (nSPS) is 11.2. The van der Waals surface area contributed by atoms with E-state index in [1.165, 1.54) is 44.3 Å². The molecule has 0 fully saturated rings. The van der Waals surface area contributed by atoms with Crippen molar-refractivity contribution in [1.29, 1.82) is 0 Å². The lowest BCUT2D eigenvalue weighted by molar-refractivity contribution is 1.17. The molecule has 33 heavy (non-hydrogen) atoms. The summed E-state index contributed by atoms with van der Waals surface area (Å²) in [5.41, 5.74) is 20.5. The SMILES string of the molecule is N.Nc1ccc(-c2c3cc4ccccc4c2-c2ccccc2NC3)cc1.Nc1ccccc1. The van der Waals surface area contributed by atoms with E-state index in [2.05, 4.69) is 72.0 Å². The lowest BCUT2D eigenvalue weighted by Gasteiger charge is -2.16. The van der Waals surface area contributed by atoms with Gasteiger partial charge < -0.3 is 22.9 Å². The first kappa shape index (κ1) is 21.9. The van der Waals surface area contributed by atoms with Gasteiger partial charge >= 0.3 is 0 Å². The van der Waals surface area contributed by atoms with E-state index in [4.69, 9.17) is 11.5 Å². The van der Waals surface area contributed by atoms with Crippen LogP contribution in [0.2, 0.25) is 0 Å². The predicted molar refractivity (Wildman–Crippen MR) is 142 cm³/mol. The van der Waals surface area contributed by atoms with Crippen molar-refractivity contribution in [3.05, 3.63) is 115 Å². The molecule has 0 atom stereocenters. The van der Waals surface area contributed by atoms with Gasteiger partial charge in [-0.15, -0.1) is 0 Å². The Morgan fingerprint density at radius 2 is 1.24 bits per heavy atom. The van der Waals surface area contributed by atoms with E-state index in [1.807, 2.05) is 42.5 Å². The van der Waals surface area contributed by atoms with Crippen LogP contribution in [0.3, 0.4) is 0 Å². The highest BCUT2D eigenvalue weighted by Gasteiger charge is 2.21. The molecule has 0 spiro atoms. The number of benzene rings is 5.